The quantitative estimate of drug-likeness (QED) is 0.799. The van der Waals surface area contributed by atoms with Gasteiger partial charge in [-0.3, -0.25) is 0 Å². The Morgan fingerprint density at radius 3 is 2.62 bits per heavy atom. The van der Waals surface area contributed by atoms with Gasteiger partial charge in [-0.2, -0.15) is 0 Å². The van der Waals surface area contributed by atoms with Crippen molar-refractivity contribution in [3.8, 4) is 0 Å². The Bertz CT molecular complexity index is 768. The Kier molecular flexibility index (Phi) is 3.86. The summed E-state index contributed by atoms with van der Waals surface area (Å²) in [4.78, 5) is 11.1. The summed E-state index contributed by atoms with van der Waals surface area (Å²) in [6.07, 6.45) is 0. The van der Waals surface area contributed by atoms with Crippen molar-refractivity contribution >= 4 is 27.4 Å². The van der Waals surface area contributed by atoms with Gasteiger partial charge in [-0.05, 0) is 25.0 Å². The molecule has 0 bridgehead atoms. The molecule has 108 valence electrons. The Hall–Kier alpha value is -1.98. The van der Waals surface area contributed by atoms with E-state index >= 15 is 0 Å². The van der Waals surface area contributed by atoms with E-state index in [1.54, 1.807) is 11.3 Å². The van der Waals surface area contributed by atoms with Crippen LogP contribution in [0.15, 0.2) is 30.3 Å². The van der Waals surface area contributed by atoms with E-state index in [4.69, 9.17) is 10.5 Å². The number of anilines is 1. The molecule has 0 aliphatic rings. The number of rotatable bonds is 4. The van der Waals surface area contributed by atoms with E-state index in [-0.39, 0.29) is 0 Å². The van der Waals surface area contributed by atoms with Crippen LogP contribution in [0.1, 0.15) is 21.8 Å². The molecule has 5 heteroatoms. The molecule has 0 fully saturated rings. The van der Waals surface area contributed by atoms with Crippen molar-refractivity contribution in [3.63, 3.8) is 0 Å². The molecule has 2 aromatic heterocycles. The topological polar surface area (TPSA) is 61.0 Å². The Labute approximate surface area is 127 Å². The highest BCUT2D eigenvalue weighted by molar-refractivity contribution is 7.18. The number of thiophene rings is 1. The largest absolute Gasteiger partial charge is 0.383 e. The van der Waals surface area contributed by atoms with E-state index in [9.17, 15) is 0 Å². The summed E-state index contributed by atoms with van der Waals surface area (Å²) in [6.45, 7) is 5.04. The summed E-state index contributed by atoms with van der Waals surface area (Å²) in [5, 5.41) is 0.976. The lowest BCUT2D eigenvalue weighted by molar-refractivity contribution is 0.102. The maximum atomic E-state index is 6.05. The normalized spacial score (nSPS) is 11.1. The van der Waals surface area contributed by atoms with Crippen LogP contribution in [-0.4, -0.2) is 9.97 Å². The average molecular weight is 299 g/mol. The molecule has 0 spiro atoms. The molecule has 0 amide bonds. The molecule has 0 radical (unpaired) electrons. The van der Waals surface area contributed by atoms with Gasteiger partial charge in [0.1, 0.15) is 17.3 Å². The van der Waals surface area contributed by atoms with Crippen molar-refractivity contribution in [3.05, 3.63) is 52.2 Å². The number of hydrogen-bond donors (Lipinski definition) is 1. The highest BCUT2D eigenvalue weighted by atomic mass is 32.1. The molecule has 1 aromatic carbocycles. The first-order valence-electron chi connectivity index (χ1n) is 6.79. The van der Waals surface area contributed by atoms with Gasteiger partial charge in [0.15, 0.2) is 5.82 Å². The second kappa shape index (κ2) is 5.79. The van der Waals surface area contributed by atoms with Gasteiger partial charge in [-0.15, -0.1) is 11.3 Å². The van der Waals surface area contributed by atoms with Crippen molar-refractivity contribution in [2.24, 2.45) is 0 Å². The summed E-state index contributed by atoms with van der Waals surface area (Å²) in [6, 6.07) is 10.0. The van der Waals surface area contributed by atoms with Gasteiger partial charge in [-0.1, -0.05) is 30.3 Å². The highest BCUT2D eigenvalue weighted by Gasteiger charge is 2.12. The number of hydrogen-bond acceptors (Lipinski definition) is 5. The van der Waals surface area contributed by atoms with Crippen molar-refractivity contribution in [2.45, 2.75) is 27.1 Å². The number of ether oxygens (including phenoxy) is 1. The number of fused-ring (bicyclic) bond motifs is 1. The minimum Gasteiger partial charge on any atom is -0.383 e. The third-order valence-corrected chi connectivity index (χ3v) is 4.55. The Balaban J connectivity index is 1.76. The molecular weight excluding hydrogens is 282 g/mol. The zero-order valence-corrected chi connectivity index (χ0v) is 12.9. The lowest BCUT2D eigenvalue weighted by Gasteiger charge is -2.05. The third kappa shape index (κ3) is 2.89. The predicted molar refractivity (Wildman–Crippen MR) is 86.2 cm³/mol. The average Bonchev–Trinajstić information content (AvgIpc) is 2.75. The fourth-order valence-corrected chi connectivity index (χ4v) is 3.28. The van der Waals surface area contributed by atoms with Crippen LogP contribution in [0.3, 0.4) is 0 Å². The molecule has 2 heterocycles. The smallest absolute Gasteiger partial charge is 0.158 e. The van der Waals surface area contributed by atoms with Crippen LogP contribution in [0.2, 0.25) is 0 Å². The molecule has 4 nitrogen and oxygen atoms in total. The van der Waals surface area contributed by atoms with Gasteiger partial charge < -0.3 is 10.5 Å². The molecule has 0 saturated heterocycles. The first-order valence-corrected chi connectivity index (χ1v) is 7.60. The van der Waals surface area contributed by atoms with E-state index in [1.165, 1.54) is 10.4 Å². The van der Waals surface area contributed by atoms with Crippen molar-refractivity contribution in [1.82, 2.24) is 9.97 Å². The zero-order chi connectivity index (χ0) is 14.8. The minimum atomic E-state index is 0.366. The van der Waals surface area contributed by atoms with Crippen LogP contribution in [0.4, 0.5) is 5.82 Å². The van der Waals surface area contributed by atoms with E-state index < -0.39 is 0 Å². The molecule has 0 unspecified atom stereocenters. The van der Waals surface area contributed by atoms with Gasteiger partial charge in [0.25, 0.3) is 0 Å². The first-order chi connectivity index (χ1) is 10.1. The van der Waals surface area contributed by atoms with Crippen LogP contribution in [0, 0.1) is 13.8 Å². The number of nitrogen functional groups attached to an aromatic ring is 1. The molecule has 3 rings (SSSR count). The SMILES string of the molecule is Cc1sc2nc(COCc3ccccc3)nc(N)c2c1C. The lowest BCUT2D eigenvalue weighted by atomic mass is 10.2. The second-order valence-corrected chi connectivity index (χ2v) is 6.17. The maximum absolute atomic E-state index is 6.05. The number of nitrogens with two attached hydrogens (primary N) is 1. The molecule has 0 saturated carbocycles. The summed E-state index contributed by atoms with van der Waals surface area (Å²) < 4.78 is 5.67. The van der Waals surface area contributed by atoms with Gasteiger partial charge in [0.2, 0.25) is 0 Å². The van der Waals surface area contributed by atoms with Crippen LogP contribution in [0.25, 0.3) is 10.2 Å². The van der Waals surface area contributed by atoms with Crippen molar-refractivity contribution in [1.29, 1.82) is 0 Å². The van der Waals surface area contributed by atoms with Gasteiger partial charge >= 0.3 is 0 Å². The fraction of sp³-hybridized carbons (Fsp3) is 0.250. The van der Waals surface area contributed by atoms with E-state index in [0.717, 1.165) is 15.8 Å². The molecule has 0 atom stereocenters. The standard InChI is InChI=1S/C16H17N3OS/c1-10-11(2)21-16-14(10)15(17)18-13(19-16)9-20-8-12-6-4-3-5-7-12/h3-7H,8-9H2,1-2H3,(H2,17,18,19). The second-order valence-electron chi connectivity index (χ2n) is 4.97. The van der Waals surface area contributed by atoms with Crippen molar-refractivity contribution < 1.29 is 4.74 Å². The molecule has 21 heavy (non-hydrogen) atoms. The van der Waals surface area contributed by atoms with Crippen molar-refractivity contribution in [2.75, 3.05) is 5.73 Å². The summed E-state index contributed by atoms with van der Waals surface area (Å²) in [5.74, 6) is 1.18. The van der Waals surface area contributed by atoms with Gasteiger partial charge in [0.05, 0.1) is 12.0 Å². The summed E-state index contributed by atoms with van der Waals surface area (Å²) >= 11 is 1.65. The number of benzene rings is 1. The predicted octanol–water partition coefficient (Wildman–Crippen LogP) is 3.61. The van der Waals surface area contributed by atoms with Crippen LogP contribution in [0.5, 0.6) is 0 Å². The fourth-order valence-electron chi connectivity index (χ4n) is 2.23. The number of aryl methyl sites for hydroxylation is 2. The molecule has 3 aromatic rings. The van der Waals surface area contributed by atoms with E-state index in [0.29, 0.717) is 24.9 Å². The third-order valence-electron chi connectivity index (χ3n) is 3.45. The lowest BCUT2D eigenvalue weighted by Crippen LogP contribution is -2.03. The Morgan fingerprint density at radius 1 is 1.10 bits per heavy atom. The first kappa shape index (κ1) is 14.0. The number of aromatic nitrogens is 2. The molecule has 2 N–H and O–H groups in total. The zero-order valence-electron chi connectivity index (χ0n) is 12.1. The van der Waals surface area contributed by atoms with E-state index in [2.05, 4.69) is 23.8 Å². The van der Waals surface area contributed by atoms with E-state index in [1.807, 2.05) is 30.3 Å². The van der Waals surface area contributed by atoms with Crippen LogP contribution in [-0.2, 0) is 18.0 Å². The Morgan fingerprint density at radius 2 is 1.86 bits per heavy atom. The molecule has 0 aliphatic carbocycles. The molecular formula is C16H17N3OS. The monoisotopic (exact) mass is 299 g/mol. The minimum absolute atomic E-state index is 0.366. The summed E-state index contributed by atoms with van der Waals surface area (Å²) in [7, 11) is 0. The number of nitrogens with zero attached hydrogens (tertiary/aromatic N) is 2. The highest BCUT2D eigenvalue weighted by Crippen LogP contribution is 2.31. The van der Waals surface area contributed by atoms with Gasteiger partial charge in [0, 0.05) is 4.88 Å². The summed E-state index contributed by atoms with van der Waals surface area (Å²) in [5.41, 5.74) is 8.36. The van der Waals surface area contributed by atoms with Gasteiger partial charge in [-0.25, -0.2) is 9.97 Å². The maximum Gasteiger partial charge on any atom is 0.158 e. The van der Waals surface area contributed by atoms with Crippen LogP contribution >= 0.6 is 11.3 Å². The van der Waals surface area contributed by atoms with Crippen LogP contribution < -0.4 is 5.73 Å². The molecule has 0 aliphatic heterocycles.